The Morgan fingerprint density at radius 2 is 2.12 bits per heavy atom. The highest BCUT2D eigenvalue weighted by Gasteiger charge is 2.12. The van der Waals surface area contributed by atoms with Gasteiger partial charge in [0.05, 0.1) is 5.56 Å². The Morgan fingerprint density at radius 3 is 2.94 bits per heavy atom. The first-order chi connectivity index (χ1) is 8.33. The molecule has 2 rings (SSSR count). The van der Waals surface area contributed by atoms with Crippen LogP contribution in [-0.2, 0) is 0 Å². The molecule has 0 saturated carbocycles. The first kappa shape index (κ1) is 12.4. The molecule has 0 atom stereocenters. The van der Waals surface area contributed by atoms with Crippen molar-refractivity contribution in [1.82, 2.24) is 5.32 Å². The number of nitrogens with one attached hydrogen (secondary N) is 1. The molecule has 0 bridgehead atoms. The molecule has 0 aliphatic carbocycles. The standard InChI is InChI=1S/C13H14INO2/c14-7-3-4-8-15-13(16)11-9-17-12-6-2-1-5-10(11)12/h1-2,5-6,9H,3-4,7-8H2,(H,15,16). The number of alkyl halides is 1. The second kappa shape index (κ2) is 6.05. The van der Waals surface area contributed by atoms with Crippen molar-refractivity contribution < 1.29 is 9.21 Å². The molecule has 2 aromatic rings. The van der Waals surface area contributed by atoms with Crippen LogP contribution in [0.4, 0.5) is 0 Å². The van der Waals surface area contributed by atoms with Crippen molar-refractivity contribution in [2.75, 3.05) is 11.0 Å². The minimum atomic E-state index is -0.0524. The van der Waals surface area contributed by atoms with Gasteiger partial charge in [0.25, 0.3) is 5.91 Å². The maximum Gasteiger partial charge on any atom is 0.255 e. The molecule has 17 heavy (non-hydrogen) atoms. The minimum Gasteiger partial charge on any atom is -0.463 e. The summed E-state index contributed by atoms with van der Waals surface area (Å²) in [6.45, 7) is 0.724. The van der Waals surface area contributed by atoms with Crippen LogP contribution in [0.15, 0.2) is 34.9 Å². The van der Waals surface area contributed by atoms with E-state index in [9.17, 15) is 4.79 Å². The summed E-state index contributed by atoms with van der Waals surface area (Å²) in [5, 5.41) is 3.78. The summed E-state index contributed by atoms with van der Waals surface area (Å²) in [7, 11) is 0. The van der Waals surface area contributed by atoms with E-state index in [0.717, 1.165) is 34.8 Å². The summed E-state index contributed by atoms with van der Waals surface area (Å²) < 4.78 is 6.46. The maximum absolute atomic E-state index is 11.9. The Labute approximate surface area is 114 Å². The summed E-state index contributed by atoms with van der Waals surface area (Å²) in [6.07, 6.45) is 3.68. The van der Waals surface area contributed by atoms with E-state index in [0.29, 0.717) is 5.56 Å². The Balaban J connectivity index is 2.04. The summed E-state index contributed by atoms with van der Waals surface area (Å²) in [5.74, 6) is -0.0524. The zero-order valence-electron chi connectivity index (χ0n) is 9.41. The van der Waals surface area contributed by atoms with Crippen LogP contribution in [0.1, 0.15) is 23.2 Å². The minimum absolute atomic E-state index is 0.0524. The molecule has 0 aliphatic heterocycles. The molecule has 0 spiro atoms. The van der Waals surface area contributed by atoms with Crippen LogP contribution in [0.5, 0.6) is 0 Å². The van der Waals surface area contributed by atoms with Crippen LogP contribution >= 0.6 is 22.6 Å². The van der Waals surface area contributed by atoms with E-state index in [1.807, 2.05) is 24.3 Å². The topological polar surface area (TPSA) is 42.2 Å². The summed E-state index contributed by atoms with van der Waals surface area (Å²) in [5.41, 5.74) is 1.37. The van der Waals surface area contributed by atoms with Crippen molar-refractivity contribution in [3.8, 4) is 0 Å². The lowest BCUT2D eigenvalue weighted by Crippen LogP contribution is -2.24. The number of fused-ring (bicyclic) bond motifs is 1. The fourth-order valence-electron chi connectivity index (χ4n) is 1.67. The number of hydrogen-bond donors (Lipinski definition) is 1. The van der Waals surface area contributed by atoms with Crippen LogP contribution in [-0.4, -0.2) is 16.9 Å². The van der Waals surface area contributed by atoms with Crippen LogP contribution < -0.4 is 5.32 Å². The number of para-hydroxylation sites is 1. The zero-order valence-corrected chi connectivity index (χ0v) is 11.6. The average molecular weight is 343 g/mol. The number of carbonyl (C=O) groups excluding carboxylic acids is 1. The van der Waals surface area contributed by atoms with E-state index >= 15 is 0 Å². The normalized spacial score (nSPS) is 10.6. The number of rotatable bonds is 5. The highest BCUT2D eigenvalue weighted by molar-refractivity contribution is 14.1. The van der Waals surface area contributed by atoms with Gasteiger partial charge in [-0.1, -0.05) is 40.8 Å². The molecule has 0 unspecified atom stereocenters. The predicted octanol–water partition coefficient (Wildman–Crippen LogP) is 3.38. The molecular weight excluding hydrogens is 329 g/mol. The molecule has 0 aliphatic rings. The van der Waals surface area contributed by atoms with Crippen LogP contribution in [0.3, 0.4) is 0 Å². The summed E-state index contributed by atoms with van der Waals surface area (Å²) >= 11 is 2.34. The van der Waals surface area contributed by atoms with E-state index < -0.39 is 0 Å². The fourth-order valence-corrected chi connectivity index (χ4v) is 2.21. The Morgan fingerprint density at radius 1 is 1.29 bits per heavy atom. The molecule has 0 radical (unpaired) electrons. The number of furan rings is 1. The van der Waals surface area contributed by atoms with Crippen LogP contribution in [0, 0.1) is 0 Å². The Hall–Kier alpha value is -1.04. The predicted molar refractivity (Wildman–Crippen MR) is 76.7 cm³/mol. The van der Waals surface area contributed by atoms with Gasteiger partial charge in [0.2, 0.25) is 0 Å². The van der Waals surface area contributed by atoms with Crippen LogP contribution in [0.2, 0.25) is 0 Å². The van der Waals surface area contributed by atoms with Crippen molar-refractivity contribution in [3.05, 3.63) is 36.1 Å². The lowest BCUT2D eigenvalue weighted by atomic mass is 10.1. The van der Waals surface area contributed by atoms with Gasteiger partial charge in [0.15, 0.2) is 0 Å². The molecule has 4 heteroatoms. The maximum atomic E-state index is 11.9. The quantitative estimate of drug-likeness (QED) is 0.514. The molecular formula is C13H14INO2. The van der Waals surface area contributed by atoms with Crippen molar-refractivity contribution in [3.63, 3.8) is 0 Å². The van der Waals surface area contributed by atoms with Gasteiger partial charge in [0.1, 0.15) is 11.8 Å². The van der Waals surface area contributed by atoms with E-state index in [-0.39, 0.29) is 5.91 Å². The van der Waals surface area contributed by atoms with E-state index in [2.05, 4.69) is 27.9 Å². The van der Waals surface area contributed by atoms with Crippen molar-refractivity contribution >= 4 is 39.5 Å². The highest BCUT2D eigenvalue weighted by atomic mass is 127. The lowest BCUT2D eigenvalue weighted by molar-refractivity contribution is 0.0954. The van der Waals surface area contributed by atoms with Crippen molar-refractivity contribution in [2.24, 2.45) is 0 Å². The second-order valence-electron chi connectivity index (χ2n) is 3.80. The number of halogens is 1. The van der Waals surface area contributed by atoms with Crippen molar-refractivity contribution in [2.45, 2.75) is 12.8 Å². The lowest BCUT2D eigenvalue weighted by Gasteiger charge is -2.02. The van der Waals surface area contributed by atoms with Gasteiger partial charge < -0.3 is 9.73 Å². The molecule has 1 heterocycles. The molecule has 90 valence electrons. The monoisotopic (exact) mass is 343 g/mol. The summed E-state index contributed by atoms with van der Waals surface area (Å²) in [4.78, 5) is 11.9. The Bertz CT molecular complexity index is 507. The molecule has 1 amide bonds. The van der Waals surface area contributed by atoms with E-state index in [4.69, 9.17) is 4.42 Å². The first-order valence-electron chi connectivity index (χ1n) is 5.63. The van der Waals surface area contributed by atoms with Crippen molar-refractivity contribution in [1.29, 1.82) is 0 Å². The third kappa shape index (κ3) is 3.00. The zero-order chi connectivity index (χ0) is 12.1. The van der Waals surface area contributed by atoms with Gasteiger partial charge in [-0.25, -0.2) is 0 Å². The van der Waals surface area contributed by atoms with E-state index in [1.54, 1.807) is 0 Å². The fraction of sp³-hybridized carbons (Fsp3) is 0.308. The van der Waals surface area contributed by atoms with Gasteiger partial charge in [-0.3, -0.25) is 4.79 Å². The Kier molecular flexibility index (Phi) is 4.42. The molecule has 1 N–H and O–H groups in total. The third-order valence-corrected chi connectivity index (χ3v) is 3.33. The smallest absolute Gasteiger partial charge is 0.255 e. The SMILES string of the molecule is O=C(NCCCCI)c1coc2ccccc12. The van der Waals surface area contributed by atoms with Gasteiger partial charge in [-0.15, -0.1) is 0 Å². The summed E-state index contributed by atoms with van der Waals surface area (Å²) in [6, 6.07) is 7.57. The second-order valence-corrected chi connectivity index (χ2v) is 4.88. The van der Waals surface area contributed by atoms with Gasteiger partial charge in [-0.2, -0.15) is 0 Å². The largest absolute Gasteiger partial charge is 0.463 e. The number of unbranched alkanes of at least 4 members (excludes halogenated alkanes) is 1. The average Bonchev–Trinajstić information content (AvgIpc) is 2.78. The third-order valence-electron chi connectivity index (χ3n) is 2.57. The number of amides is 1. The first-order valence-corrected chi connectivity index (χ1v) is 7.16. The number of carbonyl (C=O) groups is 1. The van der Waals surface area contributed by atoms with Gasteiger partial charge in [0, 0.05) is 11.9 Å². The molecule has 0 fully saturated rings. The number of hydrogen-bond acceptors (Lipinski definition) is 2. The molecule has 3 nitrogen and oxygen atoms in total. The van der Waals surface area contributed by atoms with Gasteiger partial charge >= 0.3 is 0 Å². The van der Waals surface area contributed by atoms with Crippen LogP contribution in [0.25, 0.3) is 11.0 Å². The van der Waals surface area contributed by atoms with E-state index in [1.165, 1.54) is 6.26 Å². The number of benzene rings is 1. The molecule has 1 aromatic heterocycles. The van der Waals surface area contributed by atoms with Gasteiger partial charge in [-0.05, 0) is 23.3 Å². The molecule has 1 aromatic carbocycles. The highest BCUT2D eigenvalue weighted by Crippen LogP contribution is 2.20. The molecule has 0 saturated heterocycles.